The molecule has 62 valence electrons. The number of rotatable bonds is 3. The quantitative estimate of drug-likeness (QED) is 0.645. The van der Waals surface area contributed by atoms with Crippen molar-refractivity contribution in [2.75, 3.05) is 0 Å². The van der Waals surface area contributed by atoms with E-state index in [4.69, 9.17) is 0 Å². The lowest BCUT2D eigenvalue weighted by atomic mass is 10.2. The van der Waals surface area contributed by atoms with Gasteiger partial charge in [0.2, 0.25) is 0 Å². The first-order chi connectivity index (χ1) is 5.24. The van der Waals surface area contributed by atoms with Gasteiger partial charge in [-0.1, -0.05) is 31.5 Å². The van der Waals surface area contributed by atoms with Crippen LogP contribution in [0.2, 0.25) is 0 Å². The van der Waals surface area contributed by atoms with Gasteiger partial charge >= 0.3 is 0 Å². The van der Waals surface area contributed by atoms with Crippen LogP contribution in [0.5, 0.6) is 0 Å². The maximum absolute atomic E-state index is 10.7. The Bertz CT molecular complexity index is 165. The number of nitrogens with one attached hydrogen (secondary N) is 1. The summed E-state index contributed by atoms with van der Waals surface area (Å²) < 4.78 is 0. The summed E-state index contributed by atoms with van der Waals surface area (Å²) in [6, 6.07) is 0. The van der Waals surface area contributed by atoms with E-state index in [0.717, 1.165) is 31.0 Å². The number of hydrogen-bond donors (Lipinski definition) is 1. The van der Waals surface area contributed by atoms with E-state index in [-0.39, 0.29) is 10.5 Å². The second-order valence-electron chi connectivity index (χ2n) is 2.51. The van der Waals surface area contributed by atoms with Crippen LogP contribution in [0.3, 0.4) is 0 Å². The van der Waals surface area contributed by atoms with Crippen molar-refractivity contribution in [3.05, 3.63) is 0 Å². The second-order valence-corrected chi connectivity index (χ2v) is 3.69. The molecule has 0 aromatic rings. The van der Waals surface area contributed by atoms with Gasteiger partial charge in [-0.15, -0.1) is 0 Å². The third kappa shape index (κ3) is 2.22. The topological polar surface area (TPSA) is 46.2 Å². The summed E-state index contributed by atoms with van der Waals surface area (Å²) in [6.07, 6.45) is 3.06. The monoisotopic (exact) mass is 173 g/mol. The Hall–Kier alpha value is -0.510. The van der Waals surface area contributed by atoms with Gasteiger partial charge in [0.1, 0.15) is 0 Å². The summed E-state index contributed by atoms with van der Waals surface area (Å²) in [7, 11) is 0. The van der Waals surface area contributed by atoms with Gasteiger partial charge in [0.05, 0.1) is 5.37 Å². The third-order valence-electron chi connectivity index (χ3n) is 1.55. The van der Waals surface area contributed by atoms with E-state index in [1.54, 1.807) is 0 Å². The molecule has 1 rings (SSSR count). The minimum Gasteiger partial charge on any atom is -0.336 e. The van der Waals surface area contributed by atoms with Crippen molar-refractivity contribution in [3.8, 4) is 0 Å². The first-order valence-corrected chi connectivity index (χ1v) is 4.63. The normalized spacial score (nSPS) is 23.9. The fourth-order valence-electron chi connectivity index (χ4n) is 0.938. The van der Waals surface area contributed by atoms with Gasteiger partial charge in [0, 0.05) is 0 Å². The number of hydrogen-bond acceptors (Lipinski definition) is 3. The van der Waals surface area contributed by atoms with Crippen LogP contribution in [-0.2, 0) is 9.59 Å². The summed E-state index contributed by atoms with van der Waals surface area (Å²) >= 11 is 1.11. The average molecular weight is 173 g/mol. The molecule has 0 saturated carbocycles. The van der Waals surface area contributed by atoms with Crippen LogP contribution in [0.1, 0.15) is 26.2 Å². The molecule has 1 aliphatic rings. The van der Waals surface area contributed by atoms with Gasteiger partial charge < -0.3 is 5.32 Å². The molecule has 1 saturated heterocycles. The van der Waals surface area contributed by atoms with E-state index in [2.05, 4.69) is 12.2 Å². The number of thioether (sulfide) groups is 1. The van der Waals surface area contributed by atoms with Crippen molar-refractivity contribution in [3.63, 3.8) is 0 Å². The van der Waals surface area contributed by atoms with Crippen molar-refractivity contribution in [1.82, 2.24) is 5.32 Å². The SMILES string of the molecule is CCCCC1NC(=O)C(=O)S1. The molecule has 1 heterocycles. The maximum atomic E-state index is 10.7. The van der Waals surface area contributed by atoms with Gasteiger partial charge in [-0.25, -0.2) is 0 Å². The summed E-state index contributed by atoms with van der Waals surface area (Å²) in [4.78, 5) is 21.4. The molecule has 1 unspecified atom stereocenters. The Balaban J connectivity index is 2.29. The summed E-state index contributed by atoms with van der Waals surface area (Å²) in [5, 5.41) is 2.31. The lowest BCUT2D eigenvalue weighted by molar-refractivity contribution is -0.132. The van der Waals surface area contributed by atoms with Gasteiger partial charge in [-0.2, -0.15) is 0 Å². The summed E-state index contributed by atoms with van der Waals surface area (Å²) in [6.45, 7) is 2.09. The molecule has 1 N–H and O–H groups in total. The van der Waals surface area contributed by atoms with Crippen LogP contribution in [0.25, 0.3) is 0 Å². The number of carbonyl (C=O) groups is 2. The van der Waals surface area contributed by atoms with Crippen LogP contribution < -0.4 is 5.32 Å². The van der Waals surface area contributed by atoms with Crippen LogP contribution in [0.15, 0.2) is 0 Å². The van der Waals surface area contributed by atoms with Crippen molar-refractivity contribution in [2.45, 2.75) is 31.6 Å². The van der Waals surface area contributed by atoms with Gasteiger partial charge in [0.15, 0.2) is 0 Å². The highest BCUT2D eigenvalue weighted by molar-refractivity contribution is 8.16. The third-order valence-corrected chi connectivity index (χ3v) is 2.58. The van der Waals surface area contributed by atoms with E-state index < -0.39 is 5.91 Å². The molecular formula is C7H11NO2S. The molecule has 0 bridgehead atoms. The predicted octanol–water partition coefficient (Wildman–Crippen LogP) is 0.892. The standard InChI is InChI=1S/C7H11NO2S/c1-2-3-4-5-8-6(9)7(10)11-5/h5H,2-4H2,1H3,(H,8,9). The van der Waals surface area contributed by atoms with Crippen LogP contribution in [0.4, 0.5) is 0 Å². The molecule has 0 aromatic heterocycles. The Morgan fingerprint density at radius 1 is 1.55 bits per heavy atom. The molecule has 1 fully saturated rings. The van der Waals surface area contributed by atoms with E-state index in [1.807, 2.05) is 0 Å². The Kier molecular flexibility index (Phi) is 2.93. The molecule has 1 aliphatic heterocycles. The fraction of sp³-hybridized carbons (Fsp3) is 0.714. The Labute approximate surface area is 69.9 Å². The van der Waals surface area contributed by atoms with Gasteiger partial charge in [-0.3, -0.25) is 9.59 Å². The first kappa shape index (κ1) is 8.59. The highest BCUT2D eigenvalue weighted by atomic mass is 32.2. The van der Waals surface area contributed by atoms with Crippen LogP contribution >= 0.6 is 11.8 Å². The number of amides is 1. The molecule has 0 aliphatic carbocycles. The van der Waals surface area contributed by atoms with Crippen molar-refractivity contribution >= 4 is 22.8 Å². The highest BCUT2D eigenvalue weighted by Gasteiger charge is 2.29. The van der Waals surface area contributed by atoms with Crippen molar-refractivity contribution < 1.29 is 9.59 Å². The maximum Gasteiger partial charge on any atom is 0.299 e. The average Bonchev–Trinajstić information content (AvgIpc) is 2.28. The first-order valence-electron chi connectivity index (χ1n) is 3.75. The predicted molar refractivity (Wildman–Crippen MR) is 44.1 cm³/mol. The zero-order chi connectivity index (χ0) is 8.27. The van der Waals surface area contributed by atoms with Crippen molar-refractivity contribution in [1.29, 1.82) is 0 Å². The molecule has 3 nitrogen and oxygen atoms in total. The minimum absolute atomic E-state index is 0.0370. The number of carbonyl (C=O) groups excluding carboxylic acids is 2. The molecular weight excluding hydrogens is 162 g/mol. The molecule has 4 heteroatoms. The largest absolute Gasteiger partial charge is 0.336 e. The zero-order valence-electron chi connectivity index (χ0n) is 6.42. The fourth-order valence-corrected chi connectivity index (χ4v) is 1.81. The molecule has 1 amide bonds. The lowest BCUT2D eigenvalue weighted by Gasteiger charge is -2.04. The Morgan fingerprint density at radius 2 is 2.27 bits per heavy atom. The second kappa shape index (κ2) is 3.76. The van der Waals surface area contributed by atoms with E-state index in [0.29, 0.717) is 0 Å². The van der Waals surface area contributed by atoms with E-state index in [9.17, 15) is 9.59 Å². The molecule has 0 spiro atoms. The Morgan fingerprint density at radius 3 is 2.73 bits per heavy atom. The smallest absolute Gasteiger partial charge is 0.299 e. The van der Waals surface area contributed by atoms with Crippen LogP contribution in [0, 0.1) is 0 Å². The van der Waals surface area contributed by atoms with Gasteiger partial charge in [0.25, 0.3) is 11.0 Å². The molecule has 1 atom stereocenters. The molecule has 0 radical (unpaired) electrons. The van der Waals surface area contributed by atoms with E-state index in [1.165, 1.54) is 0 Å². The highest BCUT2D eigenvalue weighted by Crippen LogP contribution is 2.21. The molecule has 11 heavy (non-hydrogen) atoms. The minimum atomic E-state index is -0.434. The van der Waals surface area contributed by atoms with Gasteiger partial charge in [-0.05, 0) is 6.42 Å². The number of unbranched alkanes of at least 4 members (excludes halogenated alkanes) is 1. The van der Waals surface area contributed by atoms with Crippen LogP contribution in [-0.4, -0.2) is 16.4 Å². The lowest BCUT2D eigenvalue weighted by Crippen LogP contribution is -2.25. The zero-order valence-corrected chi connectivity index (χ0v) is 7.24. The molecule has 0 aromatic carbocycles. The van der Waals surface area contributed by atoms with E-state index >= 15 is 0 Å². The summed E-state index contributed by atoms with van der Waals surface area (Å²) in [5.74, 6) is -0.434. The summed E-state index contributed by atoms with van der Waals surface area (Å²) in [5.41, 5.74) is 0. The van der Waals surface area contributed by atoms with Crippen molar-refractivity contribution in [2.24, 2.45) is 0 Å².